The number of aromatic hydroxyl groups is 1. The minimum Gasteiger partial charge on any atom is -0.507 e. The Balaban J connectivity index is 1.78. The molecule has 0 saturated heterocycles. The largest absolute Gasteiger partial charge is 0.507 e. The SMILES string of the molecule is Oc1c(-c2cc(F)c(F)c(F)c2)cc2ccccc2c1-c1c(OCl)c(-c2cc(F)c(F)c(F)c2)cc2ccccc12. The van der Waals surface area contributed by atoms with E-state index in [4.69, 9.17) is 16.2 Å². The number of hydrogen-bond acceptors (Lipinski definition) is 2. The van der Waals surface area contributed by atoms with Gasteiger partial charge in [0.15, 0.2) is 40.7 Å². The van der Waals surface area contributed by atoms with E-state index in [1.54, 1.807) is 48.5 Å². The fourth-order valence-corrected chi connectivity index (χ4v) is 5.26. The van der Waals surface area contributed by atoms with Crippen molar-refractivity contribution in [3.63, 3.8) is 0 Å². The first-order valence-corrected chi connectivity index (χ1v) is 12.4. The standard InChI is InChI=1S/C32H15ClF6O2/c33-41-32-22(18-13-25(36)30(39)26(37)14-18)10-16-6-2-4-8-20(16)28(32)27-19-7-3-1-5-15(19)9-21(31(27)40)17-11-23(34)29(38)24(35)12-17/h1-14,40H. The summed E-state index contributed by atoms with van der Waals surface area (Å²) < 4.78 is 89.9. The Morgan fingerprint density at radius 3 is 1.44 bits per heavy atom. The second-order valence-corrected chi connectivity index (χ2v) is 9.46. The Bertz CT molecular complexity index is 1980. The van der Waals surface area contributed by atoms with E-state index in [0.717, 1.165) is 24.3 Å². The van der Waals surface area contributed by atoms with Gasteiger partial charge in [-0.15, -0.1) is 0 Å². The summed E-state index contributed by atoms with van der Waals surface area (Å²) >= 11 is 5.98. The second-order valence-electron chi connectivity index (χ2n) is 9.30. The Hall–Kier alpha value is -4.69. The zero-order chi connectivity index (χ0) is 29.0. The predicted molar refractivity (Wildman–Crippen MR) is 146 cm³/mol. The van der Waals surface area contributed by atoms with Crippen LogP contribution in [0.15, 0.2) is 84.9 Å². The molecule has 6 aromatic rings. The van der Waals surface area contributed by atoms with Crippen LogP contribution >= 0.6 is 11.9 Å². The van der Waals surface area contributed by atoms with Gasteiger partial charge in [0.2, 0.25) is 0 Å². The van der Waals surface area contributed by atoms with Crippen LogP contribution in [0.4, 0.5) is 26.3 Å². The highest BCUT2D eigenvalue weighted by Crippen LogP contribution is 2.52. The van der Waals surface area contributed by atoms with Crippen molar-refractivity contribution in [2.75, 3.05) is 0 Å². The summed E-state index contributed by atoms with van der Waals surface area (Å²) in [5, 5.41) is 13.7. The zero-order valence-corrected chi connectivity index (χ0v) is 21.3. The van der Waals surface area contributed by atoms with E-state index in [1.165, 1.54) is 12.1 Å². The summed E-state index contributed by atoms with van der Waals surface area (Å²) in [6.07, 6.45) is 0. The maximum atomic E-state index is 14.3. The molecule has 0 fully saturated rings. The van der Waals surface area contributed by atoms with Crippen molar-refractivity contribution < 1.29 is 35.7 Å². The number of benzene rings is 6. The molecule has 204 valence electrons. The average Bonchev–Trinajstić information content (AvgIpc) is 2.97. The third-order valence-electron chi connectivity index (χ3n) is 6.94. The van der Waals surface area contributed by atoms with Gasteiger partial charge in [0.05, 0.1) is 0 Å². The van der Waals surface area contributed by atoms with Crippen molar-refractivity contribution in [1.82, 2.24) is 0 Å². The second kappa shape index (κ2) is 10.1. The van der Waals surface area contributed by atoms with Crippen molar-refractivity contribution in [2.24, 2.45) is 0 Å². The summed E-state index contributed by atoms with van der Waals surface area (Å²) in [7, 11) is 0. The highest BCUT2D eigenvalue weighted by Gasteiger charge is 2.26. The van der Waals surface area contributed by atoms with E-state index in [0.29, 0.717) is 21.5 Å². The van der Waals surface area contributed by atoms with Crippen molar-refractivity contribution >= 4 is 33.4 Å². The monoisotopic (exact) mass is 580 g/mol. The summed E-state index contributed by atoms with van der Waals surface area (Å²) in [6, 6.07) is 19.7. The molecule has 0 heterocycles. The molecule has 0 amide bonds. The smallest absolute Gasteiger partial charge is 0.194 e. The number of halogens is 7. The van der Waals surface area contributed by atoms with Crippen LogP contribution in [0.1, 0.15) is 0 Å². The summed E-state index contributed by atoms with van der Waals surface area (Å²) in [6.45, 7) is 0. The molecular weight excluding hydrogens is 566 g/mol. The van der Waals surface area contributed by atoms with Gasteiger partial charge in [0.1, 0.15) is 17.6 Å². The molecule has 1 N–H and O–H groups in total. The first kappa shape index (κ1) is 26.5. The van der Waals surface area contributed by atoms with Crippen molar-refractivity contribution in [3.8, 4) is 44.9 Å². The highest BCUT2D eigenvalue weighted by molar-refractivity contribution is 6.17. The van der Waals surface area contributed by atoms with Gasteiger partial charge in [-0.1, -0.05) is 48.5 Å². The third kappa shape index (κ3) is 4.31. The minimum absolute atomic E-state index is 0.0367. The van der Waals surface area contributed by atoms with Gasteiger partial charge in [0.25, 0.3) is 0 Å². The van der Waals surface area contributed by atoms with Gasteiger partial charge in [0, 0.05) is 22.3 Å². The molecule has 0 bridgehead atoms. The number of hydrogen-bond donors (Lipinski definition) is 1. The number of rotatable bonds is 4. The van der Waals surface area contributed by atoms with Crippen LogP contribution < -0.4 is 4.29 Å². The van der Waals surface area contributed by atoms with Gasteiger partial charge in [-0.05, 0) is 69.1 Å². The van der Waals surface area contributed by atoms with E-state index in [-0.39, 0.29) is 39.1 Å². The van der Waals surface area contributed by atoms with Gasteiger partial charge < -0.3 is 9.40 Å². The van der Waals surface area contributed by atoms with Crippen molar-refractivity contribution in [3.05, 3.63) is 120 Å². The highest BCUT2D eigenvalue weighted by atomic mass is 35.5. The molecular formula is C32H15ClF6O2. The van der Waals surface area contributed by atoms with Gasteiger partial charge in [-0.25, -0.2) is 26.3 Å². The molecule has 0 aliphatic heterocycles. The molecule has 0 aliphatic rings. The average molecular weight is 581 g/mol. The van der Waals surface area contributed by atoms with Crippen LogP contribution in [-0.2, 0) is 0 Å². The third-order valence-corrected chi connectivity index (χ3v) is 7.09. The molecule has 6 rings (SSSR count). The predicted octanol–water partition coefficient (Wildman–Crippen LogP) is 10.1. The number of phenols is 1. The molecule has 41 heavy (non-hydrogen) atoms. The molecule has 2 nitrogen and oxygen atoms in total. The Kier molecular flexibility index (Phi) is 6.50. The van der Waals surface area contributed by atoms with Crippen molar-refractivity contribution in [2.45, 2.75) is 0 Å². The lowest BCUT2D eigenvalue weighted by molar-refractivity contribution is 0.447. The Morgan fingerprint density at radius 2 is 0.951 bits per heavy atom. The molecule has 0 radical (unpaired) electrons. The Labute approximate surface area is 233 Å². The zero-order valence-electron chi connectivity index (χ0n) is 20.6. The molecule has 0 aliphatic carbocycles. The molecule has 0 saturated carbocycles. The van der Waals surface area contributed by atoms with E-state index in [2.05, 4.69) is 0 Å². The molecule has 0 spiro atoms. The summed E-state index contributed by atoms with van der Waals surface area (Å²) in [4.78, 5) is 0. The first-order valence-electron chi connectivity index (χ1n) is 12.1. The maximum absolute atomic E-state index is 14.3. The van der Waals surface area contributed by atoms with Gasteiger partial charge >= 0.3 is 0 Å². The lowest BCUT2D eigenvalue weighted by Crippen LogP contribution is -1.97. The fraction of sp³-hybridized carbons (Fsp3) is 0. The van der Waals surface area contributed by atoms with Gasteiger partial charge in [-0.2, -0.15) is 0 Å². The maximum Gasteiger partial charge on any atom is 0.194 e. The molecule has 0 aromatic heterocycles. The lowest BCUT2D eigenvalue weighted by atomic mass is 9.86. The van der Waals surface area contributed by atoms with E-state index >= 15 is 0 Å². The number of fused-ring (bicyclic) bond motifs is 2. The van der Waals surface area contributed by atoms with Crippen LogP contribution in [0.5, 0.6) is 11.5 Å². The van der Waals surface area contributed by atoms with Crippen LogP contribution in [0.2, 0.25) is 0 Å². The van der Waals surface area contributed by atoms with Crippen LogP contribution in [0.3, 0.4) is 0 Å². The van der Waals surface area contributed by atoms with Crippen LogP contribution in [0.25, 0.3) is 54.9 Å². The quantitative estimate of drug-likeness (QED) is 0.166. The Morgan fingerprint density at radius 1 is 0.537 bits per heavy atom. The van der Waals surface area contributed by atoms with Crippen LogP contribution in [0, 0.1) is 34.9 Å². The summed E-state index contributed by atoms with van der Waals surface area (Å²) in [5.74, 6) is -9.69. The molecule has 9 heteroatoms. The molecule has 6 aromatic carbocycles. The normalized spacial score (nSPS) is 11.4. The fourth-order valence-electron chi connectivity index (χ4n) is 5.10. The van der Waals surface area contributed by atoms with Crippen LogP contribution in [-0.4, -0.2) is 5.11 Å². The van der Waals surface area contributed by atoms with Crippen molar-refractivity contribution in [1.29, 1.82) is 0 Å². The summed E-state index contributed by atoms with van der Waals surface area (Å²) in [5.41, 5.74) is 0.0653. The van der Waals surface area contributed by atoms with Gasteiger partial charge in [-0.3, -0.25) is 0 Å². The molecule has 0 atom stereocenters. The first-order chi connectivity index (χ1) is 19.7. The van der Waals surface area contributed by atoms with E-state index < -0.39 is 40.7 Å². The minimum atomic E-state index is -1.66. The lowest BCUT2D eigenvalue weighted by Gasteiger charge is -2.20. The number of phenolic OH excluding ortho intramolecular Hbond substituents is 1. The van der Waals surface area contributed by atoms with E-state index in [9.17, 15) is 31.4 Å². The molecule has 0 unspecified atom stereocenters. The van der Waals surface area contributed by atoms with E-state index in [1.807, 2.05) is 0 Å². The topological polar surface area (TPSA) is 29.5 Å².